The van der Waals surface area contributed by atoms with Gasteiger partial charge in [0.15, 0.2) is 0 Å². The maximum atomic E-state index is 11.5. The topological polar surface area (TPSA) is 86.5 Å². The second-order valence-electron chi connectivity index (χ2n) is 2.94. The molecule has 0 aliphatic rings. The van der Waals surface area contributed by atoms with E-state index < -0.39 is 16.2 Å². The van der Waals surface area contributed by atoms with Crippen molar-refractivity contribution in [2.75, 3.05) is 0 Å². The van der Waals surface area contributed by atoms with Crippen LogP contribution >= 0.6 is 11.6 Å². The number of carbonyl (C=O) groups is 1. The number of primary amides is 1. The molecule has 5 nitrogen and oxygen atoms in total. The Hall–Kier alpha value is -1.27. The van der Waals surface area contributed by atoms with Crippen molar-refractivity contribution in [3.63, 3.8) is 0 Å². The Morgan fingerprint density at radius 1 is 1.50 bits per heavy atom. The molecule has 0 spiro atoms. The van der Waals surface area contributed by atoms with Crippen molar-refractivity contribution >= 4 is 27.8 Å². The van der Waals surface area contributed by atoms with Crippen molar-refractivity contribution in [1.29, 1.82) is 0 Å². The fourth-order valence-corrected chi connectivity index (χ4v) is 2.62. The van der Waals surface area contributed by atoms with Gasteiger partial charge in [0.05, 0.1) is 5.02 Å². The fraction of sp³-hybridized carbons (Fsp3) is 0.222. The Bertz CT molecular complexity index is 512. The molecule has 0 radical (unpaired) electrons. The molecule has 0 aromatic heterocycles. The summed E-state index contributed by atoms with van der Waals surface area (Å²) in [5, 5.41) is 0.0475. The van der Waals surface area contributed by atoms with Gasteiger partial charge in [-0.2, -0.15) is 8.42 Å². The first kappa shape index (κ1) is 12.8. The van der Waals surface area contributed by atoms with Gasteiger partial charge in [-0.15, -0.1) is 0 Å². The zero-order valence-electron chi connectivity index (χ0n) is 8.44. The molecule has 0 bridgehead atoms. The molecule has 88 valence electrons. The summed E-state index contributed by atoms with van der Waals surface area (Å²) in [7, 11) is -4.23. The highest BCUT2D eigenvalue weighted by Crippen LogP contribution is 2.26. The van der Waals surface area contributed by atoms with Gasteiger partial charge in [-0.3, -0.25) is 0 Å². The SMILES string of the molecule is CCc1cccc(S(=O)(=O)OC(N)=O)c1Cl. The molecular formula is C9H10ClNO4S. The number of benzene rings is 1. The Kier molecular flexibility index (Phi) is 3.77. The van der Waals surface area contributed by atoms with Crippen LogP contribution in [-0.2, 0) is 20.7 Å². The molecule has 1 aromatic rings. The van der Waals surface area contributed by atoms with Gasteiger partial charge < -0.3 is 9.92 Å². The lowest BCUT2D eigenvalue weighted by Gasteiger charge is -2.07. The first-order valence-corrected chi connectivity index (χ1v) is 6.18. The molecule has 7 heteroatoms. The molecular weight excluding hydrogens is 254 g/mol. The number of hydrogen-bond donors (Lipinski definition) is 1. The second-order valence-corrected chi connectivity index (χ2v) is 4.83. The standard InChI is InChI=1S/C9H10ClNO4S/c1-2-6-4-3-5-7(8(6)10)16(13,14)15-9(11)12/h3-5H,2H2,1H3,(H2,11,12). The van der Waals surface area contributed by atoms with E-state index in [4.69, 9.17) is 11.6 Å². The summed E-state index contributed by atoms with van der Waals surface area (Å²) in [6.45, 7) is 1.83. The number of amides is 1. The van der Waals surface area contributed by atoms with Gasteiger partial charge in [0.1, 0.15) is 4.90 Å². The molecule has 1 rings (SSSR count). The van der Waals surface area contributed by atoms with Crippen molar-refractivity contribution in [3.8, 4) is 0 Å². The van der Waals surface area contributed by atoms with Gasteiger partial charge in [0, 0.05) is 0 Å². The minimum Gasteiger partial charge on any atom is -0.334 e. The van der Waals surface area contributed by atoms with Crippen LogP contribution in [0.15, 0.2) is 23.1 Å². The highest BCUT2D eigenvalue weighted by molar-refractivity contribution is 7.87. The molecule has 0 aliphatic heterocycles. The lowest BCUT2D eigenvalue weighted by atomic mass is 10.2. The van der Waals surface area contributed by atoms with Crippen LogP contribution in [0.1, 0.15) is 12.5 Å². The van der Waals surface area contributed by atoms with Crippen molar-refractivity contribution in [2.45, 2.75) is 18.2 Å². The summed E-state index contributed by atoms with van der Waals surface area (Å²) in [5.41, 5.74) is 5.30. The van der Waals surface area contributed by atoms with Crippen LogP contribution in [0.2, 0.25) is 5.02 Å². The minimum absolute atomic E-state index is 0.0475. The Labute approximate surface area is 98.3 Å². The lowest BCUT2D eigenvalue weighted by molar-refractivity contribution is 0.212. The molecule has 16 heavy (non-hydrogen) atoms. The zero-order chi connectivity index (χ0) is 12.3. The van der Waals surface area contributed by atoms with E-state index in [-0.39, 0.29) is 9.92 Å². The largest absolute Gasteiger partial charge is 0.420 e. The van der Waals surface area contributed by atoms with E-state index in [1.54, 1.807) is 6.07 Å². The number of rotatable bonds is 3. The van der Waals surface area contributed by atoms with E-state index in [2.05, 4.69) is 9.92 Å². The van der Waals surface area contributed by atoms with Crippen molar-refractivity contribution in [3.05, 3.63) is 28.8 Å². The average Bonchev–Trinajstić information content (AvgIpc) is 2.15. The first-order chi connectivity index (χ1) is 7.38. The number of halogens is 1. The molecule has 0 aliphatic carbocycles. The summed E-state index contributed by atoms with van der Waals surface area (Å²) >= 11 is 5.87. The van der Waals surface area contributed by atoms with E-state index in [0.29, 0.717) is 12.0 Å². The smallest absolute Gasteiger partial charge is 0.334 e. The van der Waals surface area contributed by atoms with Crippen molar-refractivity contribution in [2.24, 2.45) is 5.73 Å². The second kappa shape index (κ2) is 4.71. The summed E-state index contributed by atoms with van der Waals surface area (Å²) < 4.78 is 27.1. The van der Waals surface area contributed by atoms with E-state index in [0.717, 1.165) is 0 Å². The third-order valence-corrected chi connectivity index (χ3v) is 3.71. The van der Waals surface area contributed by atoms with Gasteiger partial charge in [-0.05, 0) is 18.1 Å². The van der Waals surface area contributed by atoms with Gasteiger partial charge in [-0.1, -0.05) is 30.7 Å². The average molecular weight is 264 g/mol. The number of carbonyl (C=O) groups excluding carboxylic acids is 1. The van der Waals surface area contributed by atoms with E-state index >= 15 is 0 Å². The molecule has 0 heterocycles. The predicted octanol–water partition coefficient (Wildman–Crippen LogP) is 1.69. The van der Waals surface area contributed by atoms with Crippen LogP contribution < -0.4 is 5.73 Å². The minimum atomic E-state index is -4.23. The molecule has 1 amide bonds. The lowest BCUT2D eigenvalue weighted by Crippen LogP contribution is -2.19. The van der Waals surface area contributed by atoms with Gasteiger partial charge in [0.2, 0.25) is 0 Å². The highest BCUT2D eigenvalue weighted by atomic mass is 35.5. The van der Waals surface area contributed by atoms with Gasteiger partial charge in [-0.25, -0.2) is 4.79 Å². The summed E-state index contributed by atoms with van der Waals surface area (Å²) in [4.78, 5) is 10.2. The van der Waals surface area contributed by atoms with Crippen LogP contribution in [0, 0.1) is 0 Å². The highest BCUT2D eigenvalue weighted by Gasteiger charge is 2.22. The number of aryl methyl sites for hydroxylation is 1. The van der Waals surface area contributed by atoms with Crippen LogP contribution in [0.4, 0.5) is 4.79 Å². The Balaban J connectivity index is 3.28. The molecule has 0 saturated heterocycles. The number of nitrogens with two attached hydrogens (primary N) is 1. The molecule has 1 aromatic carbocycles. The Morgan fingerprint density at radius 2 is 2.12 bits per heavy atom. The summed E-state index contributed by atoms with van der Waals surface area (Å²) in [6.07, 6.45) is -0.823. The van der Waals surface area contributed by atoms with E-state index in [1.807, 2.05) is 6.92 Å². The third-order valence-electron chi connectivity index (χ3n) is 1.89. The Morgan fingerprint density at radius 3 is 2.62 bits per heavy atom. The van der Waals surface area contributed by atoms with Crippen molar-refractivity contribution < 1.29 is 17.4 Å². The van der Waals surface area contributed by atoms with Crippen LogP contribution in [-0.4, -0.2) is 14.5 Å². The number of hydrogen-bond acceptors (Lipinski definition) is 4. The maximum absolute atomic E-state index is 11.5. The third kappa shape index (κ3) is 2.65. The van der Waals surface area contributed by atoms with Gasteiger partial charge in [0.25, 0.3) is 0 Å². The molecule has 0 atom stereocenters. The normalized spacial score (nSPS) is 11.1. The molecule has 0 saturated carbocycles. The van der Waals surface area contributed by atoms with E-state index in [9.17, 15) is 13.2 Å². The molecule has 0 fully saturated rings. The monoisotopic (exact) mass is 263 g/mol. The van der Waals surface area contributed by atoms with E-state index in [1.165, 1.54) is 12.1 Å². The summed E-state index contributed by atoms with van der Waals surface area (Å²) in [5.74, 6) is 0. The predicted molar refractivity (Wildman–Crippen MR) is 58.7 cm³/mol. The zero-order valence-corrected chi connectivity index (χ0v) is 10.0. The quantitative estimate of drug-likeness (QED) is 0.841. The fourth-order valence-electron chi connectivity index (χ4n) is 1.18. The van der Waals surface area contributed by atoms with Crippen LogP contribution in [0.25, 0.3) is 0 Å². The van der Waals surface area contributed by atoms with Crippen LogP contribution in [0.3, 0.4) is 0 Å². The molecule has 2 N–H and O–H groups in total. The summed E-state index contributed by atoms with van der Waals surface area (Å²) in [6, 6.07) is 4.45. The van der Waals surface area contributed by atoms with Gasteiger partial charge >= 0.3 is 16.2 Å². The van der Waals surface area contributed by atoms with Crippen LogP contribution in [0.5, 0.6) is 0 Å². The molecule has 0 unspecified atom stereocenters. The first-order valence-electron chi connectivity index (χ1n) is 4.39. The maximum Gasteiger partial charge on any atom is 0.420 e. The van der Waals surface area contributed by atoms with Crippen molar-refractivity contribution in [1.82, 2.24) is 0 Å².